The number of aromatic nitrogens is 3. The highest BCUT2D eigenvalue weighted by Crippen LogP contribution is 2.35. The molecule has 1 aromatic heterocycles. The zero-order valence-corrected chi connectivity index (χ0v) is 14.9. The molecule has 2 N–H and O–H groups in total. The number of nitrogens with zero attached hydrogens (tertiary/aromatic N) is 3. The van der Waals surface area contributed by atoms with Crippen LogP contribution in [0, 0.1) is 12.7 Å². The van der Waals surface area contributed by atoms with Crippen molar-refractivity contribution in [2.45, 2.75) is 19.9 Å². The summed E-state index contributed by atoms with van der Waals surface area (Å²) in [6, 6.07) is 13.2. The van der Waals surface area contributed by atoms with Crippen molar-refractivity contribution in [3.63, 3.8) is 0 Å². The van der Waals surface area contributed by atoms with Crippen LogP contribution >= 0.6 is 0 Å². The first kappa shape index (κ1) is 17.0. The van der Waals surface area contributed by atoms with Gasteiger partial charge in [0.05, 0.1) is 5.57 Å². The van der Waals surface area contributed by atoms with Crippen LogP contribution < -0.4 is 10.6 Å². The summed E-state index contributed by atoms with van der Waals surface area (Å²) in [6.45, 7) is 3.84. The molecule has 2 aromatic carbocycles. The Labute approximate surface area is 155 Å². The number of amides is 1. The van der Waals surface area contributed by atoms with E-state index in [0.717, 1.165) is 11.1 Å². The lowest BCUT2D eigenvalue weighted by molar-refractivity contribution is -0.113. The van der Waals surface area contributed by atoms with Crippen molar-refractivity contribution in [3.05, 3.63) is 83.1 Å². The van der Waals surface area contributed by atoms with Crippen LogP contribution in [0.4, 0.5) is 16.0 Å². The monoisotopic (exact) mass is 363 g/mol. The SMILES string of the molecule is CC1=C(C(=O)Nc2ccc(F)cc2)C(c2ccc(C)cc2)n2ncnc2N1. The number of fused-ring (bicyclic) bond motifs is 1. The average molecular weight is 363 g/mol. The summed E-state index contributed by atoms with van der Waals surface area (Å²) in [4.78, 5) is 17.3. The van der Waals surface area contributed by atoms with E-state index in [-0.39, 0.29) is 11.7 Å². The van der Waals surface area contributed by atoms with Crippen LogP contribution in [0.3, 0.4) is 0 Å². The summed E-state index contributed by atoms with van der Waals surface area (Å²) in [7, 11) is 0. The zero-order valence-electron chi connectivity index (χ0n) is 14.9. The van der Waals surface area contributed by atoms with Gasteiger partial charge in [-0.05, 0) is 43.7 Å². The van der Waals surface area contributed by atoms with E-state index in [4.69, 9.17) is 0 Å². The first-order valence-electron chi connectivity index (χ1n) is 8.54. The molecule has 27 heavy (non-hydrogen) atoms. The summed E-state index contributed by atoms with van der Waals surface area (Å²) in [5.74, 6) is -0.0535. The standard InChI is InChI=1S/C20H18FN5O/c1-12-3-5-14(6-4-12)18-17(13(2)24-20-22-11-23-26(18)20)19(27)25-16-9-7-15(21)8-10-16/h3-11,18H,1-2H3,(H,25,27)(H,22,23,24). The van der Waals surface area contributed by atoms with E-state index in [0.29, 0.717) is 22.9 Å². The Bertz CT molecular complexity index is 1020. The summed E-state index contributed by atoms with van der Waals surface area (Å²) in [5, 5.41) is 10.3. The molecule has 0 fully saturated rings. The molecule has 1 unspecified atom stereocenters. The second kappa shape index (κ2) is 6.68. The van der Waals surface area contributed by atoms with Crippen molar-refractivity contribution in [1.29, 1.82) is 0 Å². The van der Waals surface area contributed by atoms with Gasteiger partial charge in [-0.15, -0.1) is 0 Å². The van der Waals surface area contributed by atoms with Crippen molar-refractivity contribution >= 4 is 17.5 Å². The molecule has 3 aromatic rings. The van der Waals surface area contributed by atoms with Gasteiger partial charge in [-0.2, -0.15) is 10.1 Å². The Balaban J connectivity index is 1.74. The van der Waals surface area contributed by atoms with Gasteiger partial charge in [0.15, 0.2) is 0 Å². The molecule has 4 rings (SSSR count). The average Bonchev–Trinajstić information content (AvgIpc) is 3.11. The number of benzene rings is 2. The molecule has 1 aliphatic rings. The normalized spacial score (nSPS) is 15.9. The number of nitrogens with one attached hydrogen (secondary N) is 2. The predicted molar refractivity (Wildman–Crippen MR) is 101 cm³/mol. The van der Waals surface area contributed by atoms with Crippen molar-refractivity contribution in [2.24, 2.45) is 0 Å². The minimum absolute atomic E-state index is 0.279. The lowest BCUT2D eigenvalue weighted by atomic mass is 9.94. The molecule has 1 aliphatic heterocycles. The van der Waals surface area contributed by atoms with Gasteiger partial charge in [0.1, 0.15) is 18.2 Å². The fourth-order valence-electron chi connectivity index (χ4n) is 3.17. The topological polar surface area (TPSA) is 71.8 Å². The Morgan fingerprint density at radius 3 is 2.52 bits per heavy atom. The van der Waals surface area contributed by atoms with E-state index in [1.165, 1.54) is 30.6 Å². The fraction of sp³-hybridized carbons (Fsp3) is 0.150. The van der Waals surface area contributed by atoms with Gasteiger partial charge < -0.3 is 10.6 Å². The third-order valence-electron chi connectivity index (χ3n) is 4.53. The molecule has 0 radical (unpaired) electrons. The smallest absolute Gasteiger partial charge is 0.255 e. The number of anilines is 2. The van der Waals surface area contributed by atoms with Crippen LogP contribution in [0.2, 0.25) is 0 Å². The van der Waals surface area contributed by atoms with Gasteiger partial charge in [-0.1, -0.05) is 29.8 Å². The van der Waals surface area contributed by atoms with E-state index in [1.807, 2.05) is 38.1 Å². The molecule has 0 saturated carbocycles. The van der Waals surface area contributed by atoms with E-state index in [9.17, 15) is 9.18 Å². The third kappa shape index (κ3) is 3.19. The number of rotatable bonds is 3. The maximum Gasteiger partial charge on any atom is 0.255 e. The lowest BCUT2D eigenvalue weighted by Crippen LogP contribution is -2.31. The number of halogens is 1. The van der Waals surface area contributed by atoms with Gasteiger partial charge in [0, 0.05) is 11.4 Å². The van der Waals surface area contributed by atoms with Gasteiger partial charge >= 0.3 is 0 Å². The maximum atomic E-state index is 13.1. The molecule has 136 valence electrons. The quantitative estimate of drug-likeness (QED) is 0.745. The van der Waals surface area contributed by atoms with E-state index in [2.05, 4.69) is 20.7 Å². The number of carbonyl (C=O) groups is 1. The Hall–Kier alpha value is -3.48. The summed E-state index contributed by atoms with van der Waals surface area (Å²) >= 11 is 0. The largest absolute Gasteiger partial charge is 0.328 e. The van der Waals surface area contributed by atoms with Crippen LogP contribution in [0.25, 0.3) is 0 Å². The number of carbonyl (C=O) groups excluding carboxylic acids is 1. The summed E-state index contributed by atoms with van der Waals surface area (Å²) in [5.41, 5.74) is 3.80. The number of allylic oxidation sites excluding steroid dienone is 1. The van der Waals surface area contributed by atoms with Crippen LogP contribution in [0.1, 0.15) is 24.1 Å². The van der Waals surface area contributed by atoms with Crippen molar-refractivity contribution in [1.82, 2.24) is 14.8 Å². The first-order chi connectivity index (χ1) is 13.0. The predicted octanol–water partition coefficient (Wildman–Crippen LogP) is 3.65. The number of hydrogen-bond donors (Lipinski definition) is 2. The minimum atomic E-state index is -0.412. The summed E-state index contributed by atoms with van der Waals surface area (Å²) in [6.07, 6.45) is 1.46. The third-order valence-corrected chi connectivity index (χ3v) is 4.53. The van der Waals surface area contributed by atoms with Crippen molar-refractivity contribution in [2.75, 3.05) is 10.6 Å². The van der Waals surface area contributed by atoms with Gasteiger partial charge in [0.25, 0.3) is 5.91 Å². The molecule has 6 nitrogen and oxygen atoms in total. The Morgan fingerprint density at radius 2 is 1.81 bits per heavy atom. The fourth-order valence-corrected chi connectivity index (χ4v) is 3.17. The molecule has 0 saturated heterocycles. The molecular formula is C20H18FN5O. The molecule has 0 bridgehead atoms. The van der Waals surface area contributed by atoms with Crippen LogP contribution in [-0.4, -0.2) is 20.7 Å². The lowest BCUT2D eigenvalue weighted by Gasteiger charge is -2.28. The molecule has 1 atom stereocenters. The minimum Gasteiger partial charge on any atom is -0.328 e. The van der Waals surface area contributed by atoms with Gasteiger partial charge in [-0.25, -0.2) is 9.07 Å². The molecule has 0 aliphatic carbocycles. The highest BCUT2D eigenvalue weighted by atomic mass is 19.1. The van der Waals surface area contributed by atoms with Crippen LogP contribution in [-0.2, 0) is 4.79 Å². The zero-order chi connectivity index (χ0) is 19.0. The molecular weight excluding hydrogens is 345 g/mol. The molecule has 2 heterocycles. The highest BCUT2D eigenvalue weighted by molar-refractivity contribution is 6.06. The van der Waals surface area contributed by atoms with E-state index >= 15 is 0 Å². The van der Waals surface area contributed by atoms with E-state index < -0.39 is 6.04 Å². The van der Waals surface area contributed by atoms with Crippen molar-refractivity contribution < 1.29 is 9.18 Å². The second-order valence-electron chi connectivity index (χ2n) is 6.47. The van der Waals surface area contributed by atoms with Crippen molar-refractivity contribution in [3.8, 4) is 0 Å². The maximum absolute atomic E-state index is 13.1. The number of hydrogen-bond acceptors (Lipinski definition) is 4. The van der Waals surface area contributed by atoms with Crippen LogP contribution in [0.5, 0.6) is 0 Å². The van der Waals surface area contributed by atoms with Crippen LogP contribution in [0.15, 0.2) is 66.1 Å². The number of aryl methyl sites for hydroxylation is 1. The van der Waals surface area contributed by atoms with Gasteiger partial charge in [0.2, 0.25) is 5.95 Å². The highest BCUT2D eigenvalue weighted by Gasteiger charge is 2.33. The Morgan fingerprint density at radius 1 is 1.11 bits per heavy atom. The second-order valence-corrected chi connectivity index (χ2v) is 6.47. The molecule has 7 heteroatoms. The molecule has 0 spiro atoms. The van der Waals surface area contributed by atoms with Gasteiger partial charge in [-0.3, -0.25) is 4.79 Å². The Kier molecular flexibility index (Phi) is 4.19. The first-order valence-corrected chi connectivity index (χ1v) is 8.54. The molecule has 1 amide bonds. The van der Waals surface area contributed by atoms with E-state index in [1.54, 1.807) is 4.68 Å². The summed E-state index contributed by atoms with van der Waals surface area (Å²) < 4.78 is 14.8.